The van der Waals surface area contributed by atoms with Crippen LogP contribution in [0.1, 0.15) is 25.3 Å². The number of nitrogens with two attached hydrogens (primary N) is 1. The molecule has 0 radical (unpaired) electrons. The lowest BCUT2D eigenvalue weighted by molar-refractivity contribution is 0.159. The Kier molecular flexibility index (Phi) is 7.22. The summed E-state index contributed by atoms with van der Waals surface area (Å²) in [6.07, 6.45) is 3.01. The first kappa shape index (κ1) is 24.6. The molecule has 0 aliphatic heterocycles. The van der Waals surface area contributed by atoms with E-state index in [1.807, 2.05) is 6.08 Å². The summed E-state index contributed by atoms with van der Waals surface area (Å²) in [4.78, 5) is 3.22. The molecule has 11 heteroatoms. The van der Waals surface area contributed by atoms with Crippen LogP contribution in [0.2, 0.25) is 5.02 Å². The molecule has 1 aromatic heterocycles. The lowest BCUT2D eigenvalue weighted by Gasteiger charge is -2.35. The van der Waals surface area contributed by atoms with E-state index in [1.165, 1.54) is 34.4 Å². The van der Waals surface area contributed by atoms with Crippen molar-refractivity contribution in [3.8, 4) is 5.75 Å². The minimum atomic E-state index is -4.24. The maximum absolute atomic E-state index is 14.9. The first-order valence-corrected chi connectivity index (χ1v) is 13.2. The number of halogens is 3. The fourth-order valence-corrected chi connectivity index (χ4v) is 5.98. The number of hydrogen-bond donors (Lipinski definition) is 2. The minimum Gasteiger partial charge on any atom is -0.488 e. The highest BCUT2D eigenvalue weighted by Gasteiger charge is 2.33. The van der Waals surface area contributed by atoms with E-state index >= 15 is 0 Å². The lowest BCUT2D eigenvalue weighted by Crippen LogP contribution is -2.41. The second-order valence-electron chi connectivity index (χ2n) is 7.95. The third kappa shape index (κ3) is 5.25. The second kappa shape index (κ2) is 9.99. The van der Waals surface area contributed by atoms with Crippen LogP contribution in [-0.2, 0) is 10.0 Å². The van der Waals surface area contributed by atoms with Crippen molar-refractivity contribution >= 4 is 44.4 Å². The standard InChI is InChI=1S/C23H22ClF2N3O3S2/c1-13(23-16(3-2-4-19(23)27)14-5-7-15(25)8-6-14)32-20-10-18(26)21(9-17(20)24)34(30,31)29-22-11-33-12-28-22/h3,5-13,19,23,29H,2,4,27H2,1H3. The number of nitrogens with one attached hydrogen (secondary N) is 1. The van der Waals surface area contributed by atoms with Crippen molar-refractivity contribution in [2.24, 2.45) is 11.7 Å². The van der Waals surface area contributed by atoms with Gasteiger partial charge in [0.1, 0.15) is 28.4 Å². The van der Waals surface area contributed by atoms with Gasteiger partial charge in [0.15, 0.2) is 5.82 Å². The van der Waals surface area contributed by atoms with Crippen molar-refractivity contribution in [1.82, 2.24) is 4.98 Å². The number of allylic oxidation sites excluding steroid dienone is 1. The van der Waals surface area contributed by atoms with E-state index in [-0.39, 0.29) is 34.4 Å². The summed E-state index contributed by atoms with van der Waals surface area (Å²) in [6, 6.07) is 7.83. The van der Waals surface area contributed by atoms with Crippen LogP contribution in [0.5, 0.6) is 5.75 Å². The average molecular weight is 526 g/mol. The molecule has 34 heavy (non-hydrogen) atoms. The molecule has 0 fully saturated rings. The molecule has 3 atom stereocenters. The van der Waals surface area contributed by atoms with Gasteiger partial charge in [-0.1, -0.05) is 29.8 Å². The van der Waals surface area contributed by atoms with Crippen LogP contribution in [0.25, 0.3) is 5.57 Å². The van der Waals surface area contributed by atoms with E-state index in [9.17, 15) is 17.2 Å². The highest BCUT2D eigenvalue weighted by molar-refractivity contribution is 7.92. The van der Waals surface area contributed by atoms with Gasteiger partial charge >= 0.3 is 0 Å². The molecular formula is C23H22ClF2N3O3S2. The Morgan fingerprint density at radius 2 is 2.00 bits per heavy atom. The summed E-state index contributed by atoms with van der Waals surface area (Å²) in [5.74, 6) is -1.55. The Labute approximate surface area is 205 Å². The molecule has 1 heterocycles. The number of rotatable bonds is 7. The van der Waals surface area contributed by atoms with E-state index in [0.717, 1.165) is 36.1 Å². The fraction of sp³-hybridized carbons (Fsp3) is 0.261. The number of hydrogen-bond acceptors (Lipinski definition) is 6. The van der Waals surface area contributed by atoms with Gasteiger partial charge in [0.2, 0.25) is 0 Å². The number of thiazole rings is 1. The number of anilines is 1. The van der Waals surface area contributed by atoms with Crippen molar-refractivity contribution in [3.05, 3.63) is 75.6 Å². The molecule has 3 N–H and O–H groups in total. The molecule has 4 rings (SSSR count). The number of nitrogens with zero attached hydrogens (tertiary/aromatic N) is 1. The number of aromatic nitrogens is 1. The summed E-state index contributed by atoms with van der Waals surface area (Å²) >= 11 is 7.49. The Hall–Kier alpha value is -2.53. The van der Waals surface area contributed by atoms with E-state index in [2.05, 4.69) is 9.71 Å². The summed E-state index contributed by atoms with van der Waals surface area (Å²) in [5.41, 5.74) is 9.59. The minimum absolute atomic E-state index is 0.00416. The van der Waals surface area contributed by atoms with Crippen LogP contribution in [0.3, 0.4) is 0 Å². The first-order valence-electron chi connectivity index (χ1n) is 10.4. The predicted octanol–water partition coefficient (Wildman–Crippen LogP) is 5.46. The van der Waals surface area contributed by atoms with Crippen LogP contribution in [-0.4, -0.2) is 25.5 Å². The van der Waals surface area contributed by atoms with E-state index < -0.39 is 26.8 Å². The van der Waals surface area contributed by atoms with E-state index in [0.29, 0.717) is 0 Å². The molecule has 180 valence electrons. The average Bonchev–Trinajstić information content (AvgIpc) is 3.28. The van der Waals surface area contributed by atoms with Gasteiger partial charge in [-0.05, 0) is 49.1 Å². The van der Waals surface area contributed by atoms with Gasteiger partial charge < -0.3 is 10.5 Å². The van der Waals surface area contributed by atoms with Gasteiger partial charge in [0.05, 0.1) is 10.5 Å². The van der Waals surface area contributed by atoms with E-state index in [1.54, 1.807) is 19.1 Å². The summed E-state index contributed by atoms with van der Waals surface area (Å²) in [6.45, 7) is 1.79. The van der Waals surface area contributed by atoms with Gasteiger partial charge in [0.25, 0.3) is 10.0 Å². The van der Waals surface area contributed by atoms with Crippen LogP contribution >= 0.6 is 22.9 Å². The normalized spacial score (nSPS) is 19.4. The topological polar surface area (TPSA) is 94.3 Å². The lowest BCUT2D eigenvalue weighted by atomic mass is 9.77. The monoisotopic (exact) mass is 525 g/mol. The van der Waals surface area contributed by atoms with Crippen LogP contribution in [0.4, 0.5) is 14.6 Å². The molecule has 1 aliphatic carbocycles. The second-order valence-corrected chi connectivity index (χ2v) is 10.7. The Morgan fingerprint density at radius 3 is 2.68 bits per heavy atom. The predicted molar refractivity (Wildman–Crippen MR) is 129 cm³/mol. The smallest absolute Gasteiger partial charge is 0.266 e. The van der Waals surface area contributed by atoms with Gasteiger partial charge in [-0.2, -0.15) is 0 Å². The van der Waals surface area contributed by atoms with Crippen molar-refractivity contribution in [2.75, 3.05) is 4.72 Å². The Balaban J connectivity index is 1.59. The summed E-state index contributed by atoms with van der Waals surface area (Å²) in [5, 5.41) is 1.42. The van der Waals surface area contributed by atoms with Crippen molar-refractivity contribution < 1.29 is 21.9 Å². The zero-order valence-electron chi connectivity index (χ0n) is 18.0. The molecule has 0 saturated carbocycles. The van der Waals surface area contributed by atoms with Crippen molar-refractivity contribution in [3.63, 3.8) is 0 Å². The SMILES string of the molecule is CC(Oc1cc(F)c(S(=O)(=O)Nc2cscn2)cc1Cl)C1C(c2ccc(F)cc2)=CCCC1N. The summed E-state index contributed by atoms with van der Waals surface area (Å²) in [7, 11) is -4.24. The number of benzene rings is 2. The van der Waals surface area contributed by atoms with Crippen LogP contribution in [0.15, 0.2) is 58.3 Å². The molecule has 3 unspecified atom stereocenters. The highest BCUT2D eigenvalue weighted by Crippen LogP contribution is 2.38. The Morgan fingerprint density at radius 1 is 1.26 bits per heavy atom. The molecule has 3 aromatic rings. The van der Waals surface area contributed by atoms with Gasteiger partial charge in [-0.15, -0.1) is 11.3 Å². The zero-order chi connectivity index (χ0) is 24.5. The third-order valence-corrected chi connectivity index (χ3v) is 7.88. The molecular weight excluding hydrogens is 504 g/mol. The molecule has 0 spiro atoms. The van der Waals surface area contributed by atoms with E-state index in [4.69, 9.17) is 22.1 Å². The number of ether oxygens (including phenoxy) is 1. The first-order chi connectivity index (χ1) is 16.2. The van der Waals surface area contributed by atoms with Crippen molar-refractivity contribution in [2.45, 2.75) is 36.8 Å². The molecule has 0 amide bonds. The zero-order valence-corrected chi connectivity index (χ0v) is 20.4. The van der Waals surface area contributed by atoms with Crippen LogP contribution < -0.4 is 15.2 Å². The van der Waals surface area contributed by atoms with Gasteiger partial charge in [-0.3, -0.25) is 4.72 Å². The molecule has 6 nitrogen and oxygen atoms in total. The number of sulfonamides is 1. The van der Waals surface area contributed by atoms with Crippen molar-refractivity contribution in [1.29, 1.82) is 0 Å². The molecule has 2 aromatic carbocycles. The van der Waals surface area contributed by atoms with Gasteiger partial charge in [-0.25, -0.2) is 22.2 Å². The van der Waals surface area contributed by atoms with Gasteiger partial charge in [0, 0.05) is 23.4 Å². The quantitative estimate of drug-likeness (QED) is 0.427. The summed E-state index contributed by atoms with van der Waals surface area (Å²) < 4.78 is 61.6. The van der Waals surface area contributed by atoms with Crippen LogP contribution in [0, 0.1) is 17.6 Å². The Bertz CT molecular complexity index is 1300. The molecule has 0 saturated heterocycles. The third-order valence-electron chi connectivity index (χ3n) is 5.63. The largest absolute Gasteiger partial charge is 0.488 e. The maximum Gasteiger partial charge on any atom is 0.266 e. The molecule has 0 bridgehead atoms. The maximum atomic E-state index is 14.9. The highest BCUT2D eigenvalue weighted by atomic mass is 35.5. The molecule has 1 aliphatic rings. The fourth-order valence-electron chi connectivity index (χ4n) is 4.07.